The quantitative estimate of drug-likeness (QED) is 0.131. The van der Waals surface area contributed by atoms with Crippen LogP contribution in [0, 0.1) is 0 Å². The lowest BCUT2D eigenvalue weighted by atomic mass is 10.1. The van der Waals surface area contributed by atoms with E-state index in [9.17, 15) is 31.1 Å². The summed E-state index contributed by atoms with van der Waals surface area (Å²) in [7, 11) is 0. The van der Waals surface area contributed by atoms with Crippen LogP contribution in [0.25, 0.3) is 0 Å². The molecule has 2 aromatic carbocycles. The Bertz CT molecular complexity index is 1030. The first-order valence-electron chi connectivity index (χ1n) is 11.8. The van der Waals surface area contributed by atoms with Crippen molar-refractivity contribution < 1.29 is 35.9 Å². The molecule has 1 amide bonds. The summed E-state index contributed by atoms with van der Waals surface area (Å²) in [5.74, 6) is 6.20. The number of carbonyl (C=O) groups is 1. The summed E-state index contributed by atoms with van der Waals surface area (Å²) in [6, 6.07) is 6.61. The minimum atomic E-state index is -4.97. The second-order valence-corrected chi connectivity index (χ2v) is 9.21. The molecule has 1 heterocycles. The standard InChI is InChI=1S/C22H25F6N5O2S.C2H6/c23-21(24,25)15-9-14(10-16(11-15)22(26,27)28)13-35-20(34)33-5-3-32(4-6-33)7-8-36-17-1-2-18(29)19(12-17)31-30;1-2/h1-2,9-12,31H,3-8,13,29-30H2;1-2H3. The van der Waals surface area contributed by atoms with E-state index < -0.39 is 41.7 Å². The Morgan fingerprint density at radius 3 is 2.08 bits per heavy atom. The number of benzene rings is 2. The van der Waals surface area contributed by atoms with Gasteiger partial charge in [0.2, 0.25) is 0 Å². The summed E-state index contributed by atoms with van der Waals surface area (Å²) < 4.78 is 83.0. The van der Waals surface area contributed by atoms with E-state index in [1.54, 1.807) is 17.8 Å². The Morgan fingerprint density at radius 1 is 0.974 bits per heavy atom. The van der Waals surface area contributed by atoms with Crippen LogP contribution in [0.2, 0.25) is 0 Å². The van der Waals surface area contributed by atoms with Gasteiger partial charge in [-0.05, 0) is 42.0 Å². The highest BCUT2D eigenvalue weighted by Gasteiger charge is 2.37. The van der Waals surface area contributed by atoms with Gasteiger partial charge in [0, 0.05) is 43.4 Å². The summed E-state index contributed by atoms with van der Waals surface area (Å²) >= 11 is 1.61. The Balaban J connectivity index is 0.00000247. The van der Waals surface area contributed by atoms with E-state index >= 15 is 0 Å². The summed E-state index contributed by atoms with van der Waals surface area (Å²) in [6.07, 6.45) is -10.7. The number of hydrogen-bond acceptors (Lipinski definition) is 7. The van der Waals surface area contributed by atoms with E-state index in [2.05, 4.69) is 10.3 Å². The molecule has 38 heavy (non-hydrogen) atoms. The van der Waals surface area contributed by atoms with Gasteiger partial charge in [-0.2, -0.15) is 26.3 Å². The maximum absolute atomic E-state index is 13.0. The first kappa shape index (κ1) is 31.4. The number of anilines is 2. The first-order valence-corrected chi connectivity index (χ1v) is 12.8. The number of nitrogens with one attached hydrogen (secondary N) is 1. The van der Waals surface area contributed by atoms with E-state index in [1.807, 2.05) is 26.0 Å². The number of carbonyl (C=O) groups excluding carboxylic acids is 1. The minimum Gasteiger partial charge on any atom is -0.445 e. The van der Waals surface area contributed by atoms with Gasteiger partial charge < -0.3 is 20.8 Å². The average molecular weight is 568 g/mol. The normalized spacial score (nSPS) is 14.5. The number of alkyl halides is 6. The molecule has 0 saturated carbocycles. The van der Waals surface area contributed by atoms with Crippen molar-refractivity contribution in [2.45, 2.75) is 37.7 Å². The molecule has 0 aliphatic carbocycles. The SMILES string of the molecule is CC.NNc1cc(SCCN2CCN(C(=O)OCc3cc(C(F)(F)F)cc(C(F)(F)F)c3)CC2)ccc1N. The lowest BCUT2D eigenvalue weighted by Gasteiger charge is -2.34. The second-order valence-electron chi connectivity index (χ2n) is 8.04. The van der Waals surface area contributed by atoms with E-state index in [1.165, 1.54) is 4.90 Å². The van der Waals surface area contributed by atoms with E-state index in [-0.39, 0.29) is 6.07 Å². The number of nitrogens with two attached hydrogens (primary N) is 2. The van der Waals surface area contributed by atoms with Gasteiger partial charge in [0.1, 0.15) is 6.61 Å². The molecular weight excluding hydrogens is 536 g/mol. The fraction of sp³-hybridized carbons (Fsp3) is 0.458. The number of hydrogen-bond donors (Lipinski definition) is 3. The van der Waals surface area contributed by atoms with Crippen LogP contribution < -0.4 is 17.0 Å². The molecule has 1 aliphatic heterocycles. The topological polar surface area (TPSA) is 96.8 Å². The van der Waals surface area contributed by atoms with Crippen molar-refractivity contribution in [3.8, 4) is 0 Å². The molecule has 0 atom stereocenters. The first-order chi connectivity index (χ1) is 17.9. The number of hydrazine groups is 1. The number of nitrogen functional groups attached to an aromatic ring is 2. The van der Waals surface area contributed by atoms with Crippen molar-refractivity contribution in [1.82, 2.24) is 9.80 Å². The monoisotopic (exact) mass is 567 g/mol. The third kappa shape index (κ3) is 9.17. The Morgan fingerprint density at radius 2 is 1.55 bits per heavy atom. The molecule has 5 N–H and O–H groups in total. The number of ether oxygens (including phenoxy) is 1. The molecular formula is C24H31F6N5O2S. The van der Waals surface area contributed by atoms with Crippen LogP contribution in [0.3, 0.4) is 0 Å². The van der Waals surface area contributed by atoms with Crippen molar-refractivity contribution in [2.24, 2.45) is 5.84 Å². The van der Waals surface area contributed by atoms with Gasteiger partial charge in [0.15, 0.2) is 0 Å². The predicted molar refractivity (Wildman–Crippen MR) is 135 cm³/mol. The molecule has 0 radical (unpaired) electrons. The molecule has 3 rings (SSSR count). The number of nitrogens with zero attached hydrogens (tertiary/aromatic N) is 2. The number of thioether (sulfide) groups is 1. The van der Waals surface area contributed by atoms with Crippen molar-refractivity contribution >= 4 is 29.2 Å². The molecule has 212 valence electrons. The molecule has 7 nitrogen and oxygen atoms in total. The molecule has 0 unspecified atom stereocenters. The zero-order valence-electron chi connectivity index (χ0n) is 21.0. The third-order valence-corrected chi connectivity index (χ3v) is 6.47. The lowest BCUT2D eigenvalue weighted by molar-refractivity contribution is -0.143. The summed E-state index contributed by atoms with van der Waals surface area (Å²) in [5, 5.41) is 0. The van der Waals surface area contributed by atoms with E-state index in [0.717, 1.165) is 17.2 Å². The van der Waals surface area contributed by atoms with Gasteiger partial charge in [-0.3, -0.25) is 10.7 Å². The van der Waals surface area contributed by atoms with Crippen molar-refractivity contribution in [3.05, 3.63) is 53.1 Å². The highest BCUT2D eigenvalue weighted by atomic mass is 32.2. The molecule has 1 saturated heterocycles. The smallest absolute Gasteiger partial charge is 0.416 e. The summed E-state index contributed by atoms with van der Waals surface area (Å²) in [6.45, 7) is 5.78. The fourth-order valence-corrected chi connectivity index (χ4v) is 4.49. The number of amides is 1. The van der Waals surface area contributed by atoms with Crippen LogP contribution in [0.15, 0.2) is 41.3 Å². The van der Waals surface area contributed by atoms with Gasteiger partial charge >= 0.3 is 18.4 Å². The molecule has 0 aromatic heterocycles. The predicted octanol–water partition coefficient (Wildman–Crippen LogP) is 5.66. The van der Waals surface area contributed by atoms with Crippen LogP contribution in [0.5, 0.6) is 0 Å². The third-order valence-electron chi connectivity index (χ3n) is 5.50. The number of rotatable bonds is 7. The molecule has 2 aromatic rings. The molecule has 1 aliphatic rings. The highest BCUT2D eigenvalue weighted by Crippen LogP contribution is 2.36. The van der Waals surface area contributed by atoms with Crippen LogP contribution in [-0.2, 0) is 23.7 Å². The van der Waals surface area contributed by atoms with Crippen LogP contribution in [0.4, 0.5) is 42.5 Å². The number of halogens is 6. The van der Waals surface area contributed by atoms with Crippen LogP contribution in [-0.4, -0.2) is 54.4 Å². The van der Waals surface area contributed by atoms with Gasteiger partial charge in [-0.25, -0.2) is 4.79 Å². The Labute approximate surface area is 221 Å². The summed E-state index contributed by atoms with van der Waals surface area (Å²) in [5.41, 5.74) is 6.20. The molecule has 0 spiro atoms. The van der Waals surface area contributed by atoms with Crippen LogP contribution in [0.1, 0.15) is 30.5 Å². The molecule has 1 fully saturated rings. The van der Waals surface area contributed by atoms with Gasteiger partial charge in [-0.1, -0.05) is 13.8 Å². The van der Waals surface area contributed by atoms with E-state index in [0.29, 0.717) is 49.7 Å². The maximum atomic E-state index is 13.0. The highest BCUT2D eigenvalue weighted by molar-refractivity contribution is 7.99. The molecule has 14 heteroatoms. The van der Waals surface area contributed by atoms with Gasteiger partial charge in [0.25, 0.3) is 0 Å². The largest absolute Gasteiger partial charge is 0.445 e. The lowest BCUT2D eigenvalue weighted by Crippen LogP contribution is -2.49. The van der Waals surface area contributed by atoms with Crippen molar-refractivity contribution in [1.29, 1.82) is 0 Å². The zero-order chi connectivity index (χ0) is 28.5. The van der Waals surface area contributed by atoms with Gasteiger partial charge in [-0.15, -0.1) is 11.8 Å². The minimum absolute atomic E-state index is 0.0318. The maximum Gasteiger partial charge on any atom is 0.416 e. The van der Waals surface area contributed by atoms with Crippen molar-refractivity contribution in [2.75, 3.05) is 49.6 Å². The Hall–Kier alpha value is -2.84. The Kier molecular flexibility index (Phi) is 11.4. The second kappa shape index (κ2) is 13.8. The zero-order valence-corrected chi connectivity index (χ0v) is 21.8. The fourth-order valence-electron chi connectivity index (χ4n) is 3.54. The number of piperazine rings is 1. The van der Waals surface area contributed by atoms with Gasteiger partial charge in [0.05, 0.1) is 22.5 Å². The average Bonchev–Trinajstić information content (AvgIpc) is 2.88. The molecule has 0 bridgehead atoms. The van der Waals surface area contributed by atoms with Crippen LogP contribution >= 0.6 is 11.8 Å². The van der Waals surface area contributed by atoms with Crippen molar-refractivity contribution in [3.63, 3.8) is 0 Å². The summed E-state index contributed by atoms with van der Waals surface area (Å²) in [4.78, 5) is 16.8. The van der Waals surface area contributed by atoms with E-state index in [4.69, 9.17) is 16.3 Å².